The van der Waals surface area contributed by atoms with E-state index in [1.54, 1.807) is 5.57 Å². The molecule has 210 valence electrons. The van der Waals surface area contributed by atoms with Crippen LogP contribution in [0.15, 0.2) is 11.6 Å². The van der Waals surface area contributed by atoms with Gasteiger partial charge in [0, 0.05) is 12.8 Å². The number of ether oxygens (including phenoxy) is 1. The molecule has 0 saturated heterocycles. The molecule has 0 N–H and O–H groups in total. The maximum atomic E-state index is 12.8. The second-order valence-corrected chi connectivity index (χ2v) is 15.4. The average molecular weight is 511 g/mol. The summed E-state index contributed by atoms with van der Waals surface area (Å²) in [6, 6.07) is 0. The van der Waals surface area contributed by atoms with Gasteiger partial charge in [0.25, 0.3) is 0 Å². The molecular weight excluding hydrogens is 452 g/mol. The van der Waals surface area contributed by atoms with Gasteiger partial charge in [-0.25, -0.2) is 0 Å². The van der Waals surface area contributed by atoms with Gasteiger partial charge in [0.15, 0.2) is 0 Å². The minimum absolute atomic E-state index is 0.0859. The first-order valence-electron chi connectivity index (χ1n) is 16.6. The number of allylic oxidation sites excluding steroid dienone is 1. The molecule has 0 radical (unpaired) electrons. The van der Waals surface area contributed by atoms with Crippen molar-refractivity contribution in [3.8, 4) is 0 Å². The first-order chi connectivity index (χ1) is 17.7. The van der Waals surface area contributed by atoms with Gasteiger partial charge < -0.3 is 4.74 Å². The van der Waals surface area contributed by atoms with Crippen LogP contribution in [0.25, 0.3) is 0 Å². The van der Waals surface area contributed by atoms with Crippen molar-refractivity contribution in [1.29, 1.82) is 0 Å². The average Bonchev–Trinajstić information content (AvgIpc) is 3.22. The number of hydrogen-bond acceptors (Lipinski definition) is 2. The van der Waals surface area contributed by atoms with E-state index in [0.717, 1.165) is 48.3 Å². The molecule has 0 aliphatic heterocycles. The van der Waals surface area contributed by atoms with Crippen LogP contribution in [0.2, 0.25) is 0 Å². The summed E-state index contributed by atoms with van der Waals surface area (Å²) in [6.07, 6.45) is 24.5. The highest BCUT2D eigenvalue weighted by Crippen LogP contribution is 2.67. The SMILES string of the molecule is CC(C)CCC[C@H](C)[C@H]1CC[C@H]2[C@H]3CC=C4C[C@@H](OC(=O)CC5CCCCC5)CC[C@]4(C)[C@@H]3CC[C@]12C. The van der Waals surface area contributed by atoms with Crippen molar-refractivity contribution in [1.82, 2.24) is 0 Å². The van der Waals surface area contributed by atoms with Crippen LogP contribution in [0.5, 0.6) is 0 Å². The summed E-state index contributed by atoms with van der Waals surface area (Å²) in [5.74, 6) is 5.97. The minimum atomic E-state index is 0.0859. The summed E-state index contributed by atoms with van der Waals surface area (Å²) >= 11 is 0. The van der Waals surface area contributed by atoms with E-state index in [2.05, 4.69) is 40.7 Å². The number of rotatable bonds is 8. The lowest BCUT2D eigenvalue weighted by Crippen LogP contribution is -2.51. The van der Waals surface area contributed by atoms with E-state index in [0.29, 0.717) is 23.2 Å². The third-order valence-corrected chi connectivity index (χ3v) is 12.7. The van der Waals surface area contributed by atoms with E-state index in [1.807, 2.05) is 0 Å². The Morgan fingerprint density at radius 3 is 2.49 bits per heavy atom. The Hall–Kier alpha value is -0.790. The lowest BCUT2D eigenvalue weighted by atomic mass is 9.47. The fourth-order valence-corrected chi connectivity index (χ4v) is 10.6. The summed E-state index contributed by atoms with van der Waals surface area (Å²) in [6.45, 7) is 12.6. The maximum Gasteiger partial charge on any atom is 0.306 e. The molecule has 0 aromatic heterocycles. The molecule has 0 aromatic rings. The van der Waals surface area contributed by atoms with Crippen molar-refractivity contribution in [2.45, 2.75) is 150 Å². The molecule has 0 unspecified atom stereocenters. The molecular formula is C35H58O2. The van der Waals surface area contributed by atoms with E-state index in [1.165, 1.54) is 89.9 Å². The Labute approximate surface area is 229 Å². The molecule has 5 aliphatic carbocycles. The van der Waals surface area contributed by atoms with Crippen LogP contribution in [-0.4, -0.2) is 12.1 Å². The number of carbonyl (C=O) groups is 1. The predicted molar refractivity (Wildman–Crippen MR) is 154 cm³/mol. The highest BCUT2D eigenvalue weighted by molar-refractivity contribution is 5.70. The van der Waals surface area contributed by atoms with E-state index >= 15 is 0 Å². The number of hydrogen-bond donors (Lipinski definition) is 0. The molecule has 2 heteroatoms. The summed E-state index contributed by atoms with van der Waals surface area (Å²) in [5.41, 5.74) is 2.55. The molecule has 0 heterocycles. The fourth-order valence-electron chi connectivity index (χ4n) is 10.6. The second kappa shape index (κ2) is 11.4. The Bertz CT molecular complexity index is 821. The zero-order chi connectivity index (χ0) is 26.2. The van der Waals surface area contributed by atoms with Crippen molar-refractivity contribution in [2.24, 2.45) is 52.3 Å². The molecule has 0 amide bonds. The maximum absolute atomic E-state index is 12.8. The summed E-state index contributed by atoms with van der Waals surface area (Å²) in [5, 5.41) is 0. The Balaban J connectivity index is 1.20. The zero-order valence-corrected chi connectivity index (χ0v) is 25.0. The summed E-state index contributed by atoms with van der Waals surface area (Å²) < 4.78 is 6.12. The molecule has 0 bridgehead atoms. The molecule has 4 saturated carbocycles. The normalized spacial score (nSPS) is 40.9. The van der Waals surface area contributed by atoms with Crippen molar-refractivity contribution in [2.75, 3.05) is 0 Å². The first-order valence-corrected chi connectivity index (χ1v) is 16.6. The largest absolute Gasteiger partial charge is 0.462 e. The van der Waals surface area contributed by atoms with Gasteiger partial charge in [-0.2, -0.15) is 0 Å². The second-order valence-electron chi connectivity index (χ2n) is 15.4. The minimum Gasteiger partial charge on any atom is -0.462 e. The lowest BCUT2D eigenvalue weighted by molar-refractivity contribution is -0.153. The van der Waals surface area contributed by atoms with Gasteiger partial charge in [-0.15, -0.1) is 0 Å². The van der Waals surface area contributed by atoms with E-state index in [9.17, 15) is 4.79 Å². The number of carbonyl (C=O) groups excluding carboxylic acids is 1. The van der Waals surface area contributed by atoms with E-state index < -0.39 is 0 Å². The predicted octanol–water partition coefficient (Wildman–Crippen LogP) is 9.91. The molecule has 0 aromatic carbocycles. The van der Waals surface area contributed by atoms with Crippen molar-refractivity contribution >= 4 is 5.97 Å². The van der Waals surface area contributed by atoms with Gasteiger partial charge >= 0.3 is 5.97 Å². The van der Waals surface area contributed by atoms with Gasteiger partial charge in [0.2, 0.25) is 0 Å². The standard InChI is InChI=1S/C35H58O2/c1-24(2)10-9-11-25(3)30-16-17-31-29-15-14-27-23-28(37-33(36)22-26-12-7-6-8-13-26)18-20-34(27,4)32(29)19-21-35(30,31)5/h14,24-26,28-32H,6-13,15-23H2,1-5H3/t25-,28-,29+,30+,31-,32+,34-,35+/m0/s1. The van der Waals surface area contributed by atoms with Gasteiger partial charge in [-0.05, 0) is 110 Å². The molecule has 0 spiro atoms. The lowest BCUT2D eigenvalue weighted by Gasteiger charge is -2.58. The van der Waals surface area contributed by atoms with Gasteiger partial charge in [-0.1, -0.05) is 84.8 Å². The Morgan fingerprint density at radius 2 is 1.73 bits per heavy atom. The van der Waals surface area contributed by atoms with Crippen molar-refractivity contribution in [3.05, 3.63) is 11.6 Å². The van der Waals surface area contributed by atoms with Crippen LogP contribution in [0, 0.1) is 52.3 Å². The van der Waals surface area contributed by atoms with Crippen LogP contribution >= 0.6 is 0 Å². The summed E-state index contributed by atoms with van der Waals surface area (Å²) in [7, 11) is 0. The summed E-state index contributed by atoms with van der Waals surface area (Å²) in [4.78, 5) is 12.8. The Kier molecular flexibility index (Phi) is 8.53. The van der Waals surface area contributed by atoms with Crippen LogP contribution < -0.4 is 0 Å². The molecule has 8 atom stereocenters. The highest BCUT2D eigenvalue weighted by atomic mass is 16.5. The topological polar surface area (TPSA) is 26.3 Å². The van der Waals surface area contributed by atoms with Gasteiger partial charge in [-0.3, -0.25) is 4.79 Å². The Morgan fingerprint density at radius 1 is 0.946 bits per heavy atom. The van der Waals surface area contributed by atoms with Crippen molar-refractivity contribution in [3.63, 3.8) is 0 Å². The van der Waals surface area contributed by atoms with E-state index in [-0.39, 0.29) is 12.1 Å². The van der Waals surface area contributed by atoms with Gasteiger partial charge in [0.1, 0.15) is 6.10 Å². The molecule has 5 rings (SSSR count). The van der Waals surface area contributed by atoms with E-state index in [4.69, 9.17) is 4.74 Å². The highest BCUT2D eigenvalue weighted by Gasteiger charge is 2.59. The zero-order valence-electron chi connectivity index (χ0n) is 25.0. The fraction of sp³-hybridized carbons (Fsp3) is 0.914. The molecule has 4 fully saturated rings. The van der Waals surface area contributed by atoms with Gasteiger partial charge in [0.05, 0.1) is 0 Å². The number of esters is 1. The third kappa shape index (κ3) is 5.61. The van der Waals surface area contributed by atoms with Crippen LogP contribution in [-0.2, 0) is 9.53 Å². The monoisotopic (exact) mass is 510 g/mol. The van der Waals surface area contributed by atoms with Crippen LogP contribution in [0.1, 0.15) is 144 Å². The third-order valence-electron chi connectivity index (χ3n) is 12.7. The first kappa shape index (κ1) is 27.8. The van der Waals surface area contributed by atoms with Crippen LogP contribution in [0.3, 0.4) is 0 Å². The molecule has 37 heavy (non-hydrogen) atoms. The quantitative estimate of drug-likeness (QED) is 0.240. The van der Waals surface area contributed by atoms with Crippen LogP contribution in [0.4, 0.5) is 0 Å². The molecule has 2 nitrogen and oxygen atoms in total. The number of fused-ring (bicyclic) bond motifs is 5. The molecule has 5 aliphatic rings. The smallest absolute Gasteiger partial charge is 0.306 e. The van der Waals surface area contributed by atoms with Crippen molar-refractivity contribution < 1.29 is 9.53 Å².